The van der Waals surface area contributed by atoms with Crippen LogP contribution >= 0.6 is 27.3 Å². The van der Waals surface area contributed by atoms with Crippen LogP contribution in [-0.4, -0.2) is 24.5 Å². The van der Waals surface area contributed by atoms with E-state index in [9.17, 15) is 13.2 Å². The number of rotatable bonds is 4. The Hall–Kier alpha value is -1.39. The summed E-state index contributed by atoms with van der Waals surface area (Å²) >= 11 is 4.26. The predicted molar refractivity (Wildman–Crippen MR) is 71.0 cm³/mol. The maximum atomic E-state index is 12.1. The van der Waals surface area contributed by atoms with Crippen LogP contribution in [0, 0.1) is 6.92 Å². The second-order valence-electron chi connectivity index (χ2n) is 3.41. The fourth-order valence-electron chi connectivity index (χ4n) is 1.31. The molecule has 2 aromatic heterocycles. The molecule has 0 aromatic carbocycles. The zero-order valence-electron chi connectivity index (χ0n) is 9.38. The van der Waals surface area contributed by atoms with Crippen molar-refractivity contribution >= 4 is 48.4 Å². The van der Waals surface area contributed by atoms with Gasteiger partial charge in [-0.2, -0.15) is 0 Å². The third-order valence-electron chi connectivity index (χ3n) is 2.07. The van der Waals surface area contributed by atoms with Crippen molar-refractivity contribution < 1.29 is 22.7 Å². The van der Waals surface area contributed by atoms with Gasteiger partial charge in [-0.25, -0.2) is 18.2 Å². The lowest BCUT2D eigenvalue weighted by Crippen LogP contribution is -2.13. The number of aromatic nitrogens is 1. The first-order valence-corrected chi connectivity index (χ1v) is 7.87. The van der Waals surface area contributed by atoms with Gasteiger partial charge < -0.3 is 9.52 Å². The summed E-state index contributed by atoms with van der Waals surface area (Å²) in [5, 5.41) is 8.93. The molecule has 0 saturated carbocycles. The minimum absolute atomic E-state index is 0.000483. The lowest BCUT2D eigenvalue weighted by atomic mass is 10.4. The van der Waals surface area contributed by atoms with Crippen molar-refractivity contribution in [3.05, 3.63) is 27.6 Å². The van der Waals surface area contributed by atoms with E-state index in [0.29, 0.717) is 3.79 Å². The van der Waals surface area contributed by atoms with E-state index in [1.54, 1.807) is 0 Å². The second-order valence-corrected chi connectivity index (χ2v) is 7.47. The van der Waals surface area contributed by atoms with Crippen LogP contribution in [0.3, 0.4) is 0 Å². The molecule has 19 heavy (non-hydrogen) atoms. The van der Waals surface area contributed by atoms with E-state index in [-0.39, 0.29) is 15.8 Å². The summed E-state index contributed by atoms with van der Waals surface area (Å²) in [6.45, 7) is 1.37. The van der Waals surface area contributed by atoms with Gasteiger partial charge >= 0.3 is 5.97 Å². The van der Waals surface area contributed by atoms with E-state index >= 15 is 0 Å². The zero-order valence-corrected chi connectivity index (χ0v) is 12.6. The van der Waals surface area contributed by atoms with Crippen LogP contribution in [0.5, 0.6) is 0 Å². The lowest BCUT2D eigenvalue weighted by Gasteiger charge is -2.02. The Bertz CT molecular complexity index is 734. The van der Waals surface area contributed by atoms with Crippen molar-refractivity contribution in [3.63, 3.8) is 0 Å². The van der Waals surface area contributed by atoms with Gasteiger partial charge in [0.15, 0.2) is 5.13 Å². The molecule has 0 spiro atoms. The fourth-order valence-corrected chi connectivity index (χ4v) is 3.84. The van der Waals surface area contributed by atoms with Gasteiger partial charge in [-0.3, -0.25) is 4.72 Å². The quantitative estimate of drug-likeness (QED) is 0.858. The monoisotopic (exact) mass is 366 g/mol. The molecule has 0 unspecified atom stereocenters. The molecule has 0 aliphatic carbocycles. The first kappa shape index (κ1) is 14.0. The summed E-state index contributed by atoms with van der Waals surface area (Å²) in [6, 6.07) is 0.961. The van der Waals surface area contributed by atoms with Crippen molar-refractivity contribution in [1.29, 1.82) is 0 Å². The Morgan fingerprint density at radius 2 is 2.26 bits per heavy atom. The molecule has 0 bridgehead atoms. The summed E-state index contributed by atoms with van der Waals surface area (Å²) in [4.78, 5) is 14.3. The van der Waals surface area contributed by atoms with Gasteiger partial charge in [0.25, 0.3) is 10.0 Å². The summed E-state index contributed by atoms with van der Waals surface area (Å²) < 4.78 is 31.9. The molecule has 10 heteroatoms. The Morgan fingerprint density at radius 1 is 1.58 bits per heavy atom. The van der Waals surface area contributed by atoms with Gasteiger partial charge in [0.05, 0.1) is 9.98 Å². The third kappa shape index (κ3) is 2.96. The number of nitrogens with zero attached hydrogens (tertiary/aromatic N) is 1. The summed E-state index contributed by atoms with van der Waals surface area (Å²) in [5.74, 6) is -1.76. The zero-order chi connectivity index (χ0) is 14.2. The molecular formula is C9H7BrN2O5S2. The first-order valence-electron chi connectivity index (χ1n) is 4.77. The number of nitrogens with one attached hydrogen (secondary N) is 1. The van der Waals surface area contributed by atoms with E-state index in [1.807, 2.05) is 0 Å². The Kier molecular flexibility index (Phi) is 3.65. The minimum atomic E-state index is -3.92. The molecule has 7 nitrogen and oxygen atoms in total. The molecule has 0 amide bonds. The van der Waals surface area contributed by atoms with Crippen molar-refractivity contribution in [2.45, 2.75) is 11.8 Å². The average Bonchev–Trinajstić information content (AvgIpc) is 2.85. The van der Waals surface area contributed by atoms with E-state index in [0.717, 1.165) is 17.4 Å². The number of halogens is 1. The molecule has 0 aliphatic heterocycles. The molecule has 2 N–H and O–H groups in total. The number of hydrogen-bond donors (Lipinski definition) is 2. The molecular weight excluding hydrogens is 360 g/mol. The van der Waals surface area contributed by atoms with Gasteiger partial charge in [0.2, 0.25) is 5.76 Å². The Balaban J connectivity index is 2.37. The fraction of sp³-hybridized carbons (Fsp3) is 0.111. The van der Waals surface area contributed by atoms with Gasteiger partial charge in [-0.1, -0.05) is 11.3 Å². The van der Waals surface area contributed by atoms with Gasteiger partial charge in [-0.05, 0) is 22.9 Å². The smallest absolute Gasteiger partial charge is 0.371 e. The molecule has 2 rings (SSSR count). The third-order valence-corrected chi connectivity index (χ3v) is 5.04. The summed E-state index contributed by atoms with van der Waals surface area (Å²) in [6.07, 6.45) is 1.45. The highest BCUT2D eigenvalue weighted by Gasteiger charge is 2.24. The average molecular weight is 367 g/mol. The van der Waals surface area contributed by atoms with Crippen LogP contribution < -0.4 is 4.72 Å². The maximum absolute atomic E-state index is 12.1. The van der Waals surface area contributed by atoms with Crippen LogP contribution in [0.2, 0.25) is 0 Å². The summed E-state index contributed by atoms with van der Waals surface area (Å²) in [5.41, 5.74) is 0. The molecule has 2 aromatic rings. The molecule has 2 heterocycles. The first-order chi connectivity index (χ1) is 8.79. The molecule has 0 fully saturated rings. The number of sulfonamides is 1. The number of carbonyl (C=O) groups is 1. The predicted octanol–water partition coefficient (Wildman–Crippen LogP) is 2.31. The van der Waals surface area contributed by atoms with Crippen LogP contribution in [0.1, 0.15) is 16.3 Å². The lowest BCUT2D eigenvalue weighted by molar-refractivity contribution is 0.0661. The molecule has 102 valence electrons. The van der Waals surface area contributed by atoms with E-state index < -0.39 is 21.8 Å². The standard InChI is InChI=1S/C9H7BrN2O5S2/c1-4-6(2-5(17-4)8(13)14)19(15,16)12-9-11-3-7(10)18-9/h2-3H,1H3,(H,11,12)(H,13,14). The van der Waals surface area contributed by atoms with Crippen LogP contribution in [0.25, 0.3) is 0 Å². The molecule has 0 aliphatic rings. The van der Waals surface area contributed by atoms with Gasteiger partial charge in [0, 0.05) is 6.07 Å². The van der Waals surface area contributed by atoms with E-state index in [4.69, 9.17) is 9.52 Å². The minimum Gasteiger partial charge on any atom is -0.475 e. The Morgan fingerprint density at radius 3 is 2.74 bits per heavy atom. The number of aryl methyl sites for hydroxylation is 1. The SMILES string of the molecule is Cc1oc(C(=O)O)cc1S(=O)(=O)Nc1ncc(Br)s1. The number of anilines is 1. The largest absolute Gasteiger partial charge is 0.475 e. The molecule has 0 radical (unpaired) electrons. The van der Waals surface area contributed by atoms with Gasteiger partial charge in [-0.15, -0.1) is 0 Å². The molecule has 0 atom stereocenters. The number of carboxylic acid groups (broad SMARTS) is 1. The normalized spacial score (nSPS) is 11.5. The highest BCUT2D eigenvalue weighted by molar-refractivity contribution is 9.11. The van der Waals surface area contributed by atoms with Crippen LogP contribution in [-0.2, 0) is 10.0 Å². The van der Waals surface area contributed by atoms with Crippen molar-refractivity contribution in [3.8, 4) is 0 Å². The number of aromatic carboxylic acids is 1. The summed E-state index contributed by atoms with van der Waals surface area (Å²) in [7, 11) is -3.92. The maximum Gasteiger partial charge on any atom is 0.371 e. The van der Waals surface area contributed by atoms with Crippen molar-refractivity contribution in [1.82, 2.24) is 4.98 Å². The number of thiazole rings is 1. The van der Waals surface area contributed by atoms with Crippen molar-refractivity contribution in [2.75, 3.05) is 4.72 Å². The van der Waals surface area contributed by atoms with Crippen LogP contribution in [0.15, 0.2) is 25.4 Å². The van der Waals surface area contributed by atoms with Crippen molar-refractivity contribution in [2.24, 2.45) is 0 Å². The topological polar surface area (TPSA) is 109 Å². The highest BCUT2D eigenvalue weighted by Crippen LogP contribution is 2.27. The highest BCUT2D eigenvalue weighted by atomic mass is 79.9. The number of hydrogen-bond acceptors (Lipinski definition) is 6. The number of carboxylic acids is 1. The van der Waals surface area contributed by atoms with Gasteiger partial charge in [0.1, 0.15) is 10.7 Å². The number of furan rings is 1. The molecule has 0 saturated heterocycles. The van der Waals surface area contributed by atoms with E-state index in [2.05, 4.69) is 25.6 Å². The second kappa shape index (κ2) is 4.94. The van der Waals surface area contributed by atoms with E-state index in [1.165, 1.54) is 13.1 Å². The van der Waals surface area contributed by atoms with Crippen LogP contribution in [0.4, 0.5) is 5.13 Å². The Labute approximate surface area is 120 Å².